The molecule has 0 spiro atoms. The van der Waals surface area contributed by atoms with Crippen molar-refractivity contribution in [1.82, 2.24) is 5.32 Å². The number of rotatable bonds is 4. The molecular weight excluding hydrogens is 333 g/mol. The number of hydrogen-bond donors (Lipinski definition) is 2. The van der Waals surface area contributed by atoms with Crippen LogP contribution in [0.15, 0.2) is 48.5 Å². The van der Waals surface area contributed by atoms with E-state index < -0.39 is 11.7 Å². The fourth-order valence-electron chi connectivity index (χ4n) is 2.32. The molecule has 1 atom stereocenters. The minimum Gasteiger partial charge on any atom is -0.356 e. The summed E-state index contributed by atoms with van der Waals surface area (Å²) < 4.78 is 38.2. The Bertz CT molecular complexity index is 696. The maximum Gasteiger partial charge on any atom is 0.416 e. The second-order valence-electron chi connectivity index (χ2n) is 5.55. The Hall–Kier alpha value is -2.08. The molecule has 0 bridgehead atoms. The van der Waals surface area contributed by atoms with Crippen molar-refractivity contribution < 1.29 is 13.2 Å². The van der Waals surface area contributed by atoms with E-state index in [1.165, 1.54) is 11.6 Å². The van der Waals surface area contributed by atoms with Gasteiger partial charge in [-0.15, -0.1) is 0 Å². The van der Waals surface area contributed by atoms with Crippen LogP contribution in [0.5, 0.6) is 0 Å². The monoisotopic (exact) mass is 352 g/mol. The molecule has 0 heterocycles. The molecule has 0 saturated carbocycles. The average molecular weight is 352 g/mol. The maximum atomic E-state index is 12.7. The molecule has 0 amide bonds. The Morgan fingerprint density at radius 2 is 1.79 bits per heavy atom. The molecule has 0 radical (unpaired) electrons. The first-order valence-corrected chi connectivity index (χ1v) is 8.01. The van der Waals surface area contributed by atoms with Gasteiger partial charge in [-0.05, 0) is 49.3 Å². The molecular formula is C18H19F3N2S. The largest absolute Gasteiger partial charge is 0.416 e. The maximum absolute atomic E-state index is 12.7. The summed E-state index contributed by atoms with van der Waals surface area (Å²) in [5.74, 6) is 0. The predicted octanol–water partition coefficient (Wildman–Crippen LogP) is 5.45. The van der Waals surface area contributed by atoms with Crippen molar-refractivity contribution in [2.75, 3.05) is 5.32 Å². The first-order valence-electron chi connectivity index (χ1n) is 7.61. The molecule has 0 aliphatic heterocycles. The minimum atomic E-state index is -4.37. The molecule has 24 heavy (non-hydrogen) atoms. The standard InChI is InChI=1S/C18H19F3N2S/c1-3-16(13-9-7-12(2)8-10-13)23-17(24)22-15-6-4-5-14(11-15)18(19,20)21/h4-11,16H,3H2,1-2H3,(H2,22,23,24). The molecule has 0 saturated heterocycles. The summed E-state index contributed by atoms with van der Waals surface area (Å²) in [5, 5.41) is 6.26. The van der Waals surface area contributed by atoms with Gasteiger partial charge in [-0.2, -0.15) is 13.2 Å². The number of thiocarbonyl (C=S) groups is 1. The van der Waals surface area contributed by atoms with Gasteiger partial charge in [0.05, 0.1) is 11.6 Å². The van der Waals surface area contributed by atoms with Crippen molar-refractivity contribution in [1.29, 1.82) is 0 Å². The van der Waals surface area contributed by atoms with Crippen LogP contribution >= 0.6 is 12.2 Å². The van der Waals surface area contributed by atoms with E-state index in [4.69, 9.17) is 12.2 Å². The molecule has 0 aliphatic carbocycles. The van der Waals surface area contributed by atoms with Gasteiger partial charge in [0.2, 0.25) is 0 Å². The lowest BCUT2D eigenvalue weighted by molar-refractivity contribution is -0.137. The van der Waals surface area contributed by atoms with Crippen LogP contribution < -0.4 is 10.6 Å². The molecule has 1 unspecified atom stereocenters. The topological polar surface area (TPSA) is 24.1 Å². The highest BCUT2D eigenvalue weighted by molar-refractivity contribution is 7.80. The number of benzene rings is 2. The fraction of sp³-hybridized carbons (Fsp3) is 0.278. The van der Waals surface area contributed by atoms with E-state index in [0.717, 1.165) is 24.1 Å². The number of halogens is 3. The van der Waals surface area contributed by atoms with Crippen LogP contribution in [0.4, 0.5) is 18.9 Å². The predicted molar refractivity (Wildman–Crippen MR) is 95.0 cm³/mol. The van der Waals surface area contributed by atoms with Crippen LogP contribution in [0.25, 0.3) is 0 Å². The van der Waals surface area contributed by atoms with Gasteiger partial charge in [0.25, 0.3) is 0 Å². The van der Waals surface area contributed by atoms with E-state index in [2.05, 4.69) is 10.6 Å². The zero-order valence-electron chi connectivity index (χ0n) is 13.4. The van der Waals surface area contributed by atoms with Crippen molar-refractivity contribution in [3.63, 3.8) is 0 Å². The molecule has 2 rings (SSSR count). The van der Waals surface area contributed by atoms with Crippen LogP contribution in [0.3, 0.4) is 0 Å². The van der Waals surface area contributed by atoms with Crippen molar-refractivity contribution >= 4 is 23.0 Å². The summed E-state index contributed by atoms with van der Waals surface area (Å²) >= 11 is 5.24. The van der Waals surface area contributed by atoms with Crippen LogP contribution in [0, 0.1) is 6.92 Å². The third kappa shape index (κ3) is 4.96. The molecule has 2 aromatic carbocycles. The van der Waals surface area contributed by atoms with Gasteiger partial charge in [-0.25, -0.2) is 0 Å². The average Bonchev–Trinajstić information content (AvgIpc) is 2.53. The highest BCUT2D eigenvalue weighted by Gasteiger charge is 2.30. The lowest BCUT2D eigenvalue weighted by atomic mass is 10.0. The zero-order chi connectivity index (χ0) is 17.7. The van der Waals surface area contributed by atoms with Gasteiger partial charge in [0.1, 0.15) is 0 Å². The van der Waals surface area contributed by atoms with Crippen LogP contribution in [0.1, 0.15) is 36.1 Å². The number of anilines is 1. The van der Waals surface area contributed by atoms with Crippen LogP contribution in [0.2, 0.25) is 0 Å². The third-order valence-corrected chi connectivity index (χ3v) is 3.86. The van der Waals surface area contributed by atoms with Gasteiger partial charge < -0.3 is 10.6 Å². The quantitative estimate of drug-likeness (QED) is 0.715. The molecule has 6 heteroatoms. The second kappa shape index (κ2) is 7.66. The number of nitrogens with one attached hydrogen (secondary N) is 2. The van der Waals surface area contributed by atoms with Gasteiger partial charge in [-0.3, -0.25) is 0 Å². The lowest BCUT2D eigenvalue weighted by Gasteiger charge is -2.20. The summed E-state index contributed by atoms with van der Waals surface area (Å²) in [6.07, 6.45) is -3.58. The zero-order valence-corrected chi connectivity index (χ0v) is 14.3. The molecule has 2 nitrogen and oxygen atoms in total. The third-order valence-electron chi connectivity index (χ3n) is 3.64. The van der Waals surface area contributed by atoms with Gasteiger partial charge in [0.15, 0.2) is 5.11 Å². The van der Waals surface area contributed by atoms with E-state index >= 15 is 0 Å². The van der Waals surface area contributed by atoms with E-state index in [0.29, 0.717) is 10.8 Å². The highest BCUT2D eigenvalue weighted by atomic mass is 32.1. The molecule has 0 aliphatic rings. The molecule has 2 N–H and O–H groups in total. The molecule has 0 fully saturated rings. The summed E-state index contributed by atoms with van der Waals surface area (Å²) in [6.45, 7) is 4.03. The first-order chi connectivity index (χ1) is 11.3. The van der Waals surface area contributed by atoms with Crippen molar-refractivity contribution in [2.45, 2.75) is 32.5 Å². The summed E-state index contributed by atoms with van der Waals surface area (Å²) in [5.41, 5.74) is 1.84. The van der Waals surface area contributed by atoms with Crippen LogP contribution in [-0.4, -0.2) is 5.11 Å². The molecule has 2 aromatic rings. The Morgan fingerprint density at radius 1 is 1.12 bits per heavy atom. The lowest BCUT2D eigenvalue weighted by Crippen LogP contribution is -2.32. The Balaban J connectivity index is 2.05. The summed E-state index contributed by atoms with van der Waals surface area (Å²) in [4.78, 5) is 0. The van der Waals surface area contributed by atoms with Crippen molar-refractivity contribution in [2.24, 2.45) is 0 Å². The van der Waals surface area contributed by atoms with Crippen molar-refractivity contribution in [3.8, 4) is 0 Å². The number of aryl methyl sites for hydroxylation is 1. The van der Waals surface area contributed by atoms with E-state index in [1.807, 2.05) is 38.1 Å². The highest BCUT2D eigenvalue weighted by Crippen LogP contribution is 2.30. The van der Waals surface area contributed by atoms with Gasteiger partial charge >= 0.3 is 6.18 Å². The van der Waals surface area contributed by atoms with Crippen molar-refractivity contribution in [3.05, 3.63) is 65.2 Å². The van der Waals surface area contributed by atoms with E-state index in [9.17, 15) is 13.2 Å². The number of hydrogen-bond acceptors (Lipinski definition) is 1. The second-order valence-corrected chi connectivity index (χ2v) is 5.96. The smallest absolute Gasteiger partial charge is 0.356 e. The number of alkyl halides is 3. The Kier molecular flexibility index (Phi) is 5.83. The van der Waals surface area contributed by atoms with E-state index in [1.54, 1.807) is 6.07 Å². The normalized spacial score (nSPS) is 12.5. The van der Waals surface area contributed by atoms with Gasteiger partial charge in [0, 0.05) is 5.69 Å². The molecule has 128 valence electrons. The SMILES string of the molecule is CCC(NC(=S)Nc1cccc(C(F)(F)F)c1)c1ccc(C)cc1. The van der Waals surface area contributed by atoms with Crippen LogP contribution in [-0.2, 0) is 6.18 Å². The summed E-state index contributed by atoms with van der Waals surface area (Å²) in [7, 11) is 0. The first kappa shape index (κ1) is 18.3. The Morgan fingerprint density at radius 3 is 2.38 bits per heavy atom. The Labute approximate surface area is 145 Å². The minimum absolute atomic E-state index is 0.00333. The fourth-order valence-corrected chi connectivity index (χ4v) is 2.58. The molecule has 0 aromatic heterocycles. The summed E-state index contributed by atoms with van der Waals surface area (Å²) in [6, 6.07) is 13.0. The van der Waals surface area contributed by atoms with E-state index in [-0.39, 0.29) is 6.04 Å². The van der Waals surface area contributed by atoms with Gasteiger partial charge in [-0.1, -0.05) is 42.8 Å².